The van der Waals surface area contributed by atoms with Crippen LogP contribution in [0.4, 0.5) is 11.4 Å². The van der Waals surface area contributed by atoms with Crippen molar-refractivity contribution in [3.8, 4) is 11.8 Å². The molecule has 8 heteroatoms. The number of carbonyl (C=O) groups is 3. The standard InChI is InChI=1S/C22H21N3O5/c23-12-6-13-24(17-7-2-1-3-8-17)21(27)16-30-22(28)15-25-18-9-4-5-10-19(18)29-14-11-20(25)26/h1-5,7-10H,6,11,13-16H2. The maximum absolute atomic E-state index is 12.6. The van der Waals surface area contributed by atoms with Crippen molar-refractivity contribution in [3.63, 3.8) is 0 Å². The largest absolute Gasteiger partial charge is 0.491 e. The number of para-hydroxylation sites is 3. The lowest BCUT2D eigenvalue weighted by atomic mass is 10.2. The van der Waals surface area contributed by atoms with Crippen molar-refractivity contribution in [1.29, 1.82) is 5.26 Å². The van der Waals surface area contributed by atoms with E-state index in [9.17, 15) is 14.4 Å². The SMILES string of the molecule is N#CCCN(C(=O)COC(=O)CN1C(=O)CCOc2ccccc21)c1ccccc1. The zero-order chi connectivity index (χ0) is 21.3. The molecule has 0 saturated carbocycles. The summed E-state index contributed by atoms with van der Waals surface area (Å²) in [5.41, 5.74) is 1.10. The lowest BCUT2D eigenvalue weighted by Crippen LogP contribution is -2.39. The van der Waals surface area contributed by atoms with Crippen molar-refractivity contribution in [2.24, 2.45) is 0 Å². The molecule has 2 aromatic carbocycles. The minimum Gasteiger partial charge on any atom is -0.491 e. The van der Waals surface area contributed by atoms with E-state index in [4.69, 9.17) is 14.7 Å². The number of nitrogens with zero attached hydrogens (tertiary/aromatic N) is 3. The van der Waals surface area contributed by atoms with E-state index in [-0.39, 0.29) is 38.4 Å². The zero-order valence-electron chi connectivity index (χ0n) is 16.3. The first-order valence-electron chi connectivity index (χ1n) is 9.50. The van der Waals surface area contributed by atoms with Gasteiger partial charge in [0.25, 0.3) is 5.91 Å². The van der Waals surface area contributed by atoms with Gasteiger partial charge in [0.1, 0.15) is 12.3 Å². The minimum atomic E-state index is -0.707. The van der Waals surface area contributed by atoms with Crippen LogP contribution in [0.15, 0.2) is 54.6 Å². The lowest BCUT2D eigenvalue weighted by Gasteiger charge is -2.23. The van der Waals surface area contributed by atoms with Crippen molar-refractivity contribution in [2.45, 2.75) is 12.8 Å². The lowest BCUT2D eigenvalue weighted by molar-refractivity contribution is -0.147. The molecule has 1 heterocycles. The Morgan fingerprint density at radius 2 is 1.87 bits per heavy atom. The van der Waals surface area contributed by atoms with Crippen molar-refractivity contribution in [2.75, 3.05) is 36.1 Å². The normalized spacial score (nSPS) is 12.8. The van der Waals surface area contributed by atoms with Crippen LogP contribution in [-0.4, -0.2) is 44.1 Å². The molecule has 154 valence electrons. The van der Waals surface area contributed by atoms with E-state index < -0.39 is 18.5 Å². The molecule has 3 rings (SSSR count). The molecule has 0 aliphatic carbocycles. The molecule has 8 nitrogen and oxygen atoms in total. The van der Waals surface area contributed by atoms with Crippen LogP contribution in [0.3, 0.4) is 0 Å². The van der Waals surface area contributed by atoms with Gasteiger partial charge in [-0.2, -0.15) is 5.26 Å². The van der Waals surface area contributed by atoms with Gasteiger partial charge in [0.15, 0.2) is 6.61 Å². The first-order valence-corrected chi connectivity index (χ1v) is 9.50. The molecule has 0 aromatic heterocycles. The van der Waals surface area contributed by atoms with E-state index in [1.165, 1.54) is 9.80 Å². The van der Waals surface area contributed by atoms with Crippen LogP contribution in [0.25, 0.3) is 0 Å². The Morgan fingerprint density at radius 1 is 1.13 bits per heavy atom. The fourth-order valence-electron chi connectivity index (χ4n) is 3.06. The van der Waals surface area contributed by atoms with E-state index >= 15 is 0 Å². The summed E-state index contributed by atoms with van der Waals surface area (Å²) >= 11 is 0. The van der Waals surface area contributed by atoms with Gasteiger partial charge in [0.05, 0.1) is 31.2 Å². The van der Waals surface area contributed by atoms with Crippen LogP contribution in [-0.2, 0) is 19.1 Å². The Hall–Kier alpha value is -3.86. The van der Waals surface area contributed by atoms with Crippen LogP contribution in [0.5, 0.6) is 5.75 Å². The van der Waals surface area contributed by atoms with Gasteiger partial charge in [-0.1, -0.05) is 30.3 Å². The average molecular weight is 407 g/mol. The number of esters is 1. The highest BCUT2D eigenvalue weighted by Crippen LogP contribution is 2.30. The molecule has 1 aliphatic heterocycles. The monoisotopic (exact) mass is 407 g/mol. The summed E-state index contributed by atoms with van der Waals surface area (Å²) in [6.07, 6.45) is 0.282. The highest BCUT2D eigenvalue weighted by molar-refractivity contribution is 6.00. The van der Waals surface area contributed by atoms with Crippen LogP contribution >= 0.6 is 0 Å². The molecule has 0 fully saturated rings. The van der Waals surface area contributed by atoms with E-state index in [0.29, 0.717) is 17.1 Å². The van der Waals surface area contributed by atoms with Crippen molar-refractivity contribution in [1.82, 2.24) is 0 Å². The predicted molar refractivity (Wildman–Crippen MR) is 109 cm³/mol. The third-order valence-electron chi connectivity index (χ3n) is 4.49. The van der Waals surface area contributed by atoms with Gasteiger partial charge in [-0.25, -0.2) is 0 Å². The third-order valence-corrected chi connectivity index (χ3v) is 4.49. The quantitative estimate of drug-likeness (QED) is 0.653. The van der Waals surface area contributed by atoms with E-state index in [2.05, 4.69) is 0 Å². The number of benzene rings is 2. The minimum absolute atomic E-state index is 0.136. The number of ether oxygens (including phenoxy) is 2. The molecule has 0 atom stereocenters. The molecular weight excluding hydrogens is 386 g/mol. The second-order valence-electron chi connectivity index (χ2n) is 6.50. The van der Waals surface area contributed by atoms with Gasteiger partial charge in [0.2, 0.25) is 5.91 Å². The summed E-state index contributed by atoms with van der Waals surface area (Å²) in [4.78, 5) is 40.1. The highest BCUT2D eigenvalue weighted by Gasteiger charge is 2.26. The van der Waals surface area contributed by atoms with Gasteiger partial charge in [-0.15, -0.1) is 0 Å². The van der Waals surface area contributed by atoms with Crippen LogP contribution in [0.1, 0.15) is 12.8 Å². The molecule has 0 radical (unpaired) electrons. The second kappa shape index (κ2) is 10.1. The number of anilines is 2. The van der Waals surface area contributed by atoms with Crippen LogP contribution < -0.4 is 14.5 Å². The fraction of sp³-hybridized carbons (Fsp3) is 0.273. The Morgan fingerprint density at radius 3 is 2.63 bits per heavy atom. The molecule has 0 saturated heterocycles. The number of fused-ring (bicyclic) bond motifs is 1. The third kappa shape index (κ3) is 5.14. The fourth-order valence-corrected chi connectivity index (χ4v) is 3.06. The number of hydrogen-bond donors (Lipinski definition) is 0. The number of rotatable bonds is 7. The molecule has 0 bridgehead atoms. The molecule has 0 unspecified atom stereocenters. The summed E-state index contributed by atoms with van der Waals surface area (Å²) in [7, 11) is 0. The molecule has 0 spiro atoms. The van der Waals surface area contributed by atoms with Gasteiger partial charge < -0.3 is 14.4 Å². The number of amides is 2. The first-order chi connectivity index (χ1) is 14.6. The maximum Gasteiger partial charge on any atom is 0.326 e. The van der Waals surface area contributed by atoms with E-state index in [0.717, 1.165) is 0 Å². The molecule has 2 aromatic rings. The average Bonchev–Trinajstić information content (AvgIpc) is 2.92. The summed E-state index contributed by atoms with van der Waals surface area (Å²) in [6.45, 7) is -0.396. The number of nitriles is 1. The number of carbonyl (C=O) groups excluding carboxylic acids is 3. The summed E-state index contributed by atoms with van der Waals surface area (Å²) in [5.74, 6) is -0.903. The Labute approximate surface area is 174 Å². The molecule has 0 N–H and O–H groups in total. The van der Waals surface area contributed by atoms with Crippen molar-refractivity contribution >= 4 is 29.2 Å². The van der Waals surface area contributed by atoms with Gasteiger partial charge in [-0.3, -0.25) is 19.3 Å². The smallest absolute Gasteiger partial charge is 0.326 e. The predicted octanol–water partition coefficient (Wildman–Crippen LogP) is 2.29. The van der Waals surface area contributed by atoms with E-state index in [1.807, 2.05) is 12.1 Å². The maximum atomic E-state index is 12.6. The number of hydrogen-bond acceptors (Lipinski definition) is 6. The second-order valence-corrected chi connectivity index (χ2v) is 6.50. The highest BCUT2D eigenvalue weighted by atomic mass is 16.5. The molecule has 1 aliphatic rings. The summed E-state index contributed by atoms with van der Waals surface area (Å²) in [6, 6.07) is 17.8. The molecule has 2 amide bonds. The summed E-state index contributed by atoms with van der Waals surface area (Å²) < 4.78 is 10.7. The Kier molecular flexibility index (Phi) is 7.00. The Bertz CT molecular complexity index is 955. The van der Waals surface area contributed by atoms with Gasteiger partial charge >= 0.3 is 5.97 Å². The van der Waals surface area contributed by atoms with Crippen molar-refractivity contribution in [3.05, 3.63) is 54.6 Å². The Balaban J connectivity index is 1.64. The molecule has 30 heavy (non-hydrogen) atoms. The van der Waals surface area contributed by atoms with E-state index in [1.54, 1.807) is 48.5 Å². The van der Waals surface area contributed by atoms with Gasteiger partial charge in [-0.05, 0) is 24.3 Å². The first kappa shape index (κ1) is 20.9. The van der Waals surface area contributed by atoms with Crippen LogP contribution in [0.2, 0.25) is 0 Å². The molecular formula is C22H21N3O5. The van der Waals surface area contributed by atoms with Crippen LogP contribution in [0, 0.1) is 11.3 Å². The topological polar surface area (TPSA) is 99.9 Å². The van der Waals surface area contributed by atoms with Crippen molar-refractivity contribution < 1.29 is 23.9 Å². The van der Waals surface area contributed by atoms with Gasteiger partial charge in [0, 0.05) is 12.2 Å². The zero-order valence-corrected chi connectivity index (χ0v) is 16.3. The summed E-state index contributed by atoms with van der Waals surface area (Å²) in [5, 5.41) is 8.85.